The summed E-state index contributed by atoms with van der Waals surface area (Å²) in [5.74, 6) is -1.16. The molecule has 17 heavy (non-hydrogen) atoms. The van der Waals surface area contributed by atoms with Crippen molar-refractivity contribution in [1.29, 1.82) is 0 Å². The summed E-state index contributed by atoms with van der Waals surface area (Å²) in [5.41, 5.74) is 3.46. The molecule has 0 aromatic heterocycles. The molecule has 1 heterocycles. The van der Waals surface area contributed by atoms with Crippen LogP contribution in [0.2, 0.25) is 0 Å². The van der Waals surface area contributed by atoms with Crippen LogP contribution >= 0.6 is 0 Å². The minimum atomic E-state index is -0.594. The summed E-state index contributed by atoms with van der Waals surface area (Å²) in [6, 6.07) is 7.14. The highest BCUT2D eigenvalue weighted by molar-refractivity contribution is 6.41. The van der Waals surface area contributed by atoms with Crippen LogP contribution in [-0.2, 0) is 16.1 Å². The summed E-state index contributed by atoms with van der Waals surface area (Å²) >= 11 is 0. The summed E-state index contributed by atoms with van der Waals surface area (Å²) in [7, 11) is 0. The van der Waals surface area contributed by atoms with Gasteiger partial charge in [-0.25, -0.2) is 5.48 Å². The number of para-hydroxylation sites is 1. The van der Waals surface area contributed by atoms with Gasteiger partial charge in [0.15, 0.2) is 0 Å². The molecule has 0 unspecified atom stereocenters. The number of carbonyl (C=O) groups excluding carboxylic acids is 2. The summed E-state index contributed by atoms with van der Waals surface area (Å²) in [6.07, 6.45) is 0. The van der Waals surface area contributed by atoms with Gasteiger partial charge in [-0.2, -0.15) is 0 Å². The maximum Gasteiger partial charge on any atom is 0.316 e. The number of benzene rings is 1. The Morgan fingerprint density at radius 2 is 2.12 bits per heavy atom. The standard InChI is InChI=1S/C11H13N3O3/c15-10-11(16)14(6-5-12-10)9-4-2-1-3-8(9)7-13-17/h1-4,13,17H,5-7H2,(H,12,15). The topological polar surface area (TPSA) is 81.7 Å². The van der Waals surface area contributed by atoms with Crippen molar-refractivity contribution in [3.8, 4) is 0 Å². The van der Waals surface area contributed by atoms with E-state index in [2.05, 4.69) is 10.8 Å². The van der Waals surface area contributed by atoms with Gasteiger partial charge in [-0.15, -0.1) is 0 Å². The maximum atomic E-state index is 11.7. The Labute approximate surface area is 98.2 Å². The number of rotatable bonds is 3. The average molecular weight is 235 g/mol. The lowest BCUT2D eigenvalue weighted by atomic mass is 10.1. The molecular weight excluding hydrogens is 222 g/mol. The molecule has 1 aromatic carbocycles. The number of nitrogens with zero attached hydrogens (tertiary/aromatic N) is 1. The quantitative estimate of drug-likeness (QED) is 0.493. The number of hydrogen-bond donors (Lipinski definition) is 3. The smallest absolute Gasteiger partial charge is 0.316 e. The van der Waals surface area contributed by atoms with E-state index >= 15 is 0 Å². The van der Waals surface area contributed by atoms with Crippen LogP contribution in [0.3, 0.4) is 0 Å². The lowest BCUT2D eigenvalue weighted by molar-refractivity contribution is -0.138. The average Bonchev–Trinajstić information content (AvgIpc) is 2.34. The minimum Gasteiger partial charge on any atom is -0.346 e. The fourth-order valence-electron chi connectivity index (χ4n) is 1.82. The molecule has 1 saturated heterocycles. The van der Waals surface area contributed by atoms with Gasteiger partial charge < -0.3 is 15.4 Å². The molecule has 3 N–H and O–H groups in total. The van der Waals surface area contributed by atoms with Gasteiger partial charge in [0.25, 0.3) is 0 Å². The number of piperazine rings is 1. The number of carbonyl (C=O) groups is 2. The number of hydroxylamine groups is 1. The lowest BCUT2D eigenvalue weighted by Gasteiger charge is -2.28. The van der Waals surface area contributed by atoms with Crippen LogP contribution in [0.25, 0.3) is 0 Å². The van der Waals surface area contributed by atoms with E-state index in [1.165, 1.54) is 4.90 Å². The summed E-state index contributed by atoms with van der Waals surface area (Å²) in [5, 5.41) is 11.2. The molecule has 2 rings (SSSR count). The molecular formula is C11H13N3O3. The van der Waals surface area contributed by atoms with Crippen molar-refractivity contribution in [3.63, 3.8) is 0 Å². The van der Waals surface area contributed by atoms with Crippen LogP contribution in [0.4, 0.5) is 5.69 Å². The van der Waals surface area contributed by atoms with Crippen LogP contribution < -0.4 is 15.7 Å². The molecule has 1 fully saturated rings. The third-order valence-corrected chi connectivity index (χ3v) is 2.61. The van der Waals surface area contributed by atoms with E-state index in [0.29, 0.717) is 18.8 Å². The second-order valence-corrected chi connectivity index (χ2v) is 3.68. The van der Waals surface area contributed by atoms with Crippen LogP contribution in [-0.4, -0.2) is 30.1 Å². The molecule has 0 bridgehead atoms. The van der Waals surface area contributed by atoms with Gasteiger partial charge in [-0.3, -0.25) is 9.59 Å². The monoisotopic (exact) mass is 235 g/mol. The van der Waals surface area contributed by atoms with Crippen LogP contribution in [0.5, 0.6) is 0 Å². The Bertz CT molecular complexity index is 447. The van der Waals surface area contributed by atoms with Gasteiger partial charge in [0.1, 0.15) is 0 Å². The molecule has 0 saturated carbocycles. The molecule has 6 heteroatoms. The van der Waals surface area contributed by atoms with Gasteiger partial charge >= 0.3 is 11.8 Å². The van der Waals surface area contributed by atoms with Crippen LogP contribution in [0, 0.1) is 0 Å². The molecule has 1 aliphatic rings. The predicted octanol–water partition coefficient (Wildman–Crippen LogP) is -0.372. The molecule has 0 atom stereocenters. The van der Waals surface area contributed by atoms with Crippen LogP contribution in [0.15, 0.2) is 24.3 Å². The highest BCUT2D eigenvalue weighted by Gasteiger charge is 2.28. The third kappa shape index (κ3) is 2.27. The summed E-state index contributed by atoms with van der Waals surface area (Å²) in [6.45, 7) is 1.10. The number of amides is 2. The van der Waals surface area contributed by atoms with Gasteiger partial charge in [-0.05, 0) is 11.6 Å². The van der Waals surface area contributed by atoms with E-state index in [4.69, 9.17) is 5.21 Å². The van der Waals surface area contributed by atoms with Crippen molar-refractivity contribution in [3.05, 3.63) is 29.8 Å². The predicted molar refractivity (Wildman–Crippen MR) is 60.4 cm³/mol. The van der Waals surface area contributed by atoms with Gasteiger partial charge in [0.05, 0.1) is 0 Å². The van der Waals surface area contributed by atoms with E-state index in [-0.39, 0.29) is 6.54 Å². The summed E-state index contributed by atoms with van der Waals surface area (Å²) in [4.78, 5) is 24.4. The molecule has 1 aliphatic heterocycles. The zero-order valence-electron chi connectivity index (χ0n) is 9.14. The van der Waals surface area contributed by atoms with Crippen LogP contribution in [0.1, 0.15) is 5.56 Å². The van der Waals surface area contributed by atoms with E-state index < -0.39 is 11.8 Å². The number of nitrogens with one attached hydrogen (secondary N) is 2. The van der Waals surface area contributed by atoms with Crippen molar-refractivity contribution in [2.45, 2.75) is 6.54 Å². The SMILES string of the molecule is O=C1NCCN(c2ccccc2CNO)C1=O. The zero-order valence-corrected chi connectivity index (χ0v) is 9.14. The van der Waals surface area contributed by atoms with Gasteiger partial charge in [0, 0.05) is 25.3 Å². The fraction of sp³-hybridized carbons (Fsp3) is 0.273. The molecule has 6 nitrogen and oxygen atoms in total. The lowest BCUT2D eigenvalue weighted by Crippen LogP contribution is -2.52. The van der Waals surface area contributed by atoms with Crippen molar-refractivity contribution >= 4 is 17.5 Å². The number of anilines is 1. The molecule has 0 aliphatic carbocycles. The highest BCUT2D eigenvalue weighted by Crippen LogP contribution is 2.21. The molecule has 2 amide bonds. The zero-order chi connectivity index (χ0) is 12.3. The van der Waals surface area contributed by atoms with E-state index in [0.717, 1.165) is 5.56 Å². The first kappa shape index (κ1) is 11.6. The summed E-state index contributed by atoms with van der Waals surface area (Å²) < 4.78 is 0. The second-order valence-electron chi connectivity index (χ2n) is 3.68. The normalized spacial score (nSPS) is 15.9. The van der Waals surface area contributed by atoms with Crippen molar-refractivity contribution in [2.24, 2.45) is 0 Å². The van der Waals surface area contributed by atoms with Crippen molar-refractivity contribution in [2.75, 3.05) is 18.0 Å². The largest absolute Gasteiger partial charge is 0.346 e. The minimum absolute atomic E-state index is 0.224. The third-order valence-electron chi connectivity index (χ3n) is 2.61. The van der Waals surface area contributed by atoms with E-state index in [9.17, 15) is 9.59 Å². The van der Waals surface area contributed by atoms with E-state index in [1.807, 2.05) is 6.07 Å². The Kier molecular flexibility index (Phi) is 3.36. The van der Waals surface area contributed by atoms with E-state index in [1.54, 1.807) is 18.2 Å². The van der Waals surface area contributed by atoms with Crippen molar-refractivity contribution < 1.29 is 14.8 Å². The highest BCUT2D eigenvalue weighted by atomic mass is 16.5. The van der Waals surface area contributed by atoms with Gasteiger partial charge in [0.2, 0.25) is 0 Å². The van der Waals surface area contributed by atoms with Gasteiger partial charge in [-0.1, -0.05) is 18.2 Å². The maximum absolute atomic E-state index is 11.7. The fourth-order valence-corrected chi connectivity index (χ4v) is 1.82. The molecule has 1 aromatic rings. The number of hydrogen-bond acceptors (Lipinski definition) is 4. The first-order valence-electron chi connectivity index (χ1n) is 5.28. The first-order valence-corrected chi connectivity index (χ1v) is 5.28. The molecule has 90 valence electrons. The Balaban J connectivity index is 2.32. The Morgan fingerprint density at radius 1 is 1.35 bits per heavy atom. The second kappa shape index (κ2) is 4.94. The van der Waals surface area contributed by atoms with Crippen molar-refractivity contribution in [1.82, 2.24) is 10.8 Å². The molecule has 0 radical (unpaired) electrons. The Hall–Kier alpha value is -1.92. The first-order chi connectivity index (χ1) is 8.24. The Morgan fingerprint density at radius 3 is 2.88 bits per heavy atom. The molecule has 0 spiro atoms.